The van der Waals surface area contributed by atoms with Crippen molar-refractivity contribution in [3.63, 3.8) is 0 Å². The van der Waals surface area contributed by atoms with Crippen LogP contribution >= 0.6 is 0 Å². The van der Waals surface area contributed by atoms with E-state index in [1.54, 1.807) is 18.6 Å². The summed E-state index contributed by atoms with van der Waals surface area (Å²) in [4.78, 5) is 15.6. The second kappa shape index (κ2) is 6.92. The Morgan fingerprint density at radius 1 is 1.14 bits per heavy atom. The van der Waals surface area contributed by atoms with E-state index in [1.165, 1.54) is 12.8 Å². The average Bonchev–Trinajstić information content (AvgIpc) is 2.69. The minimum Gasteiger partial charge on any atom is -0.460 e. The van der Waals surface area contributed by atoms with Gasteiger partial charge in [-0.1, -0.05) is 0 Å². The molecule has 116 valence electrons. The number of allylic oxidation sites excluding steroid dienone is 1. The lowest BCUT2D eigenvalue weighted by Gasteiger charge is -2.44. The zero-order valence-corrected chi connectivity index (χ0v) is 13.2. The van der Waals surface area contributed by atoms with Crippen molar-refractivity contribution in [1.29, 1.82) is 0 Å². The van der Waals surface area contributed by atoms with Crippen LogP contribution < -0.4 is 5.32 Å². The van der Waals surface area contributed by atoms with Crippen LogP contribution in [0, 0.1) is 17.8 Å². The number of hydrogen-bond donors (Lipinski definition) is 1. The molecule has 4 aliphatic rings. The van der Waals surface area contributed by atoms with Crippen LogP contribution in [-0.4, -0.2) is 17.8 Å². The number of esters is 1. The molecule has 0 radical (unpaired) electrons. The van der Waals surface area contributed by atoms with Crippen LogP contribution in [0.5, 0.6) is 0 Å². The molecule has 0 atom stereocenters. The number of ether oxygens (including phenoxy) is 1. The zero-order valence-electron chi connectivity index (χ0n) is 13.2. The summed E-state index contributed by atoms with van der Waals surface area (Å²) in [5.74, 6) is 1.89. The maximum absolute atomic E-state index is 11.8. The topological polar surface area (TPSA) is 50.7 Å². The monoisotopic (exact) mass is 290 g/mol. The number of hydrogen-bond acceptors (Lipinski definition) is 4. The molecule has 3 aliphatic carbocycles. The van der Waals surface area contributed by atoms with E-state index in [0.29, 0.717) is 0 Å². The Hall–Kier alpha value is -1.58. The summed E-state index contributed by atoms with van der Waals surface area (Å²) >= 11 is 0. The molecule has 4 rings (SSSR count). The lowest BCUT2D eigenvalue weighted by molar-refractivity contribution is -0.164. The Bertz CT molecular complexity index is 416. The van der Waals surface area contributed by atoms with E-state index < -0.39 is 0 Å². The van der Waals surface area contributed by atoms with E-state index in [2.05, 4.69) is 10.3 Å². The first-order valence-corrected chi connectivity index (χ1v) is 7.76. The largest absolute Gasteiger partial charge is 0.460 e. The van der Waals surface area contributed by atoms with Gasteiger partial charge in [0.05, 0.1) is 5.92 Å². The molecule has 21 heavy (non-hydrogen) atoms. The minimum absolute atomic E-state index is 0.0342. The third-order valence-electron chi connectivity index (χ3n) is 3.93. The summed E-state index contributed by atoms with van der Waals surface area (Å²) in [7, 11) is 0. The Labute approximate surface area is 127 Å². The minimum atomic E-state index is -0.321. The van der Waals surface area contributed by atoms with Gasteiger partial charge in [-0.2, -0.15) is 0 Å². The van der Waals surface area contributed by atoms with Gasteiger partial charge in [-0.05, 0) is 64.4 Å². The van der Waals surface area contributed by atoms with Gasteiger partial charge in [0.15, 0.2) is 0 Å². The van der Waals surface area contributed by atoms with Gasteiger partial charge in [0.25, 0.3) is 0 Å². The number of carbonyl (C=O) groups is 1. The van der Waals surface area contributed by atoms with E-state index in [0.717, 1.165) is 24.7 Å². The highest BCUT2D eigenvalue weighted by Crippen LogP contribution is 2.48. The van der Waals surface area contributed by atoms with Crippen molar-refractivity contribution >= 4 is 12.2 Å². The molecular formula is C17H26N2O2. The predicted octanol–water partition coefficient (Wildman–Crippen LogP) is 3.41. The lowest BCUT2D eigenvalue weighted by Crippen LogP contribution is -2.39. The summed E-state index contributed by atoms with van der Waals surface area (Å²) in [5, 5.41) is 2.86. The number of nitrogens with zero attached hydrogens (tertiary/aromatic N) is 1. The van der Waals surface area contributed by atoms with Gasteiger partial charge in [-0.15, -0.1) is 0 Å². The second-order valence-electron chi connectivity index (χ2n) is 7.04. The molecule has 0 saturated heterocycles. The van der Waals surface area contributed by atoms with Crippen molar-refractivity contribution in [2.45, 2.75) is 52.1 Å². The van der Waals surface area contributed by atoms with Gasteiger partial charge in [-0.3, -0.25) is 9.79 Å². The van der Waals surface area contributed by atoms with Crippen LogP contribution in [0.15, 0.2) is 29.7 Å². The quantitative estimate of drug-likeness (QED) is 0.753. The van der Waals surface area contributed by atoms with Gasteiger partial charge >= 0.3 is 5.97 Å². The van der Waals surface area contributed by atoms with Crippen LogP contribution in [0.4, 0.5) is 0 Å². The summed E-state index contributed by atoms with van der Waals surface area (Å²) < 4.78 is 5.41. The van der Waals surface area contributed by atoms with E-state index in [4.69, 9.17) is 4.74 Å². The van der Waals surface area contributed by atoms with E-state index >= 15 is 0 Å². The Morgan fingerprint density at radius 2 is 1.81 bits per heavy atom. The van der Waals surface area contributed by atoms with Gasteiger partial charge in [0.1, 0.15) is 5.60 Å². The molecule has 0 amide bonds. The van der Waals surface area contributed by atoms with Crippen LogP contribution in [-0.2, 0) is 9.53 Å². The van der Waals surface area contributed by atoms with Gasteiger partial charge in [0, 0.05) is 24.8 Å². The number of fused-ring (bicyclic) bond motifs is 2. The molecule has 0 unspecified atom stereocenters. The summed E-state index contributed by atoms with van der Waals surface area (Å²) in [6.07, 6.45) is 13.7. The molecular weight excluding hydrogens is 264 g/mol. The van der Waals surface area contributed by atoms with Crippen LogP contribution in [0.2, 0.25) is 0 Å². The highest BCUT2D eigenvalue weighted by Gasteiger charge is 2.42. The highest BCUT2D eigenvalue weighted by atomic mass is 16.6. The third kappa shape index (κ3) is 5.37. The SMILES string of the molecule is C1=CNC=CN=C1.CC(C)(C)OC(=O)C1CC2CC(C2)C1. The molecule has 1 aliphatic heterocycles. The van der Waals surface area contributed by atoms with E-state index in [9.17, 15) is 4.79 Å². The summed E-state index contributed by atoms with van der Waals surface area (Å²) in [6, 6.07) is 0. The van der Waals surface area contributed by atoms with Gasteiger partial charge in [0.2, 0.25) is 0 Å². The standard InChI is InChI=1S/C12H20O2.C5H6N2/c1-12(2,3)14-11(13)10-6-8-4-9(5-8)7-10;1-2-6-4-5-7-3-1/h8-10H,4-7H2,1-3H3;1-6H. The van der Waals surface area contributed by atoms with Crippen molar-refractivity contribution < 1.29 is 9.53 Å². The van der Waals surface area contributed by atoms with Crippen LogP contribution in [0.1, 0.15) is 46.5 Å². The smallest absolute Gasteiger partial charge is 0.309 e. The number of rotatable bonds is 1. The highest BCUT2D eigenvalue weighted by molar-refractivity contribution is 5.73. The van der Waals surface area contributed by atoms with Crippen molar-refractivity contribution in [2.75, 3.05) is 0 Å². The molecule has 0 aromatic rings. The lowest BCUT2D eigenvalue weighted by atomic mass is 9.61. The first-order valence-electron chi connectivity index (χ1n) is 7.76. The first-order chi connectivity index (χ1) is 9.94. The molecule has 0 aromatic heterocycles. The van der Waals surface area contributed by atoms with Crippen LogP contribution in [0.3, 0.4) is 0 Å². The zero-order chi connectivity index (χ0) is 15.3. The summed E-state index contributed by atoms with van der Waals surface area (Å²) in [5.41, 5.74) is -0.321. The van der Waals surface area contributed by atoms with Crippen molar-refractivity contribution in [3.05, 3.63) is 24.7 Å². The van der Waals surface area contributed by atoms with E-state index in [1.807, 2.05) is 33.0 Å². The molecule has 0 aromatic carbocycles. The fourth-order valence-corrected chi connectivity index (χ4v) is 3.08. The molecule has 4 heteroatoms. The Balaban J connectivity index is 0.000000194. The first kappa shape index (κ1) is 15.8. The van der Waals surface area contributed by atoms with Crippen molar-refractivity contribution in [2.24, 2.45) is 22.7 Å². The Kier molecular flexibility index (Phi) is 5.21. The maximum atomic E-state index is 11.8. The normalized spacial score (nSPS) is 29.4. The molecule has 1 N–H and O–H groups in total. The van der Waals surface area contributed by atoms with Gasteiger partial charge in [-0.25, -0.2) is 0 Å². The Morgan fingerprint density at radius 3 is 2.43 bits per heavy atom. The predicted molar refractivity (Wildman–Crippen MR) is 84.7 cm³/mol. The molecule has 3 saturated carbocycles. The molecule has 2 bridgehead atoms. The second-order valence-corrected chi connectivity index (χ2v) is 7.04. The van der Waals surface area contributed by atoms with Crippen molar-refractivity contribution in [3.8, 4) is 0 Å². The fourth-order valence-electron chi connectivity index (χ4n) is 3.08. The van der Waals surface area contributed by atoms with Crippen LogP contribution in [0.25, 0.3) is 0 Å². The summed E-state index contributed by atoms with van der Waals surface area (Å²) in [6.45, 7) is 5.82. The number of nitrogens with one attached hydrogen (secondary N) is 1. The number of aliphatic imine (C=N–C) groups is 1. The molecule has 3 fully saturated rings. The molecule has 0 spiro atoms. The maximum Gasteiger partial charge on any atom is 0.309 e. The number of carbonyl (C=O) groups excluding carboxylic acids is 1. The third-order valence-corrected chi connectivity index (χ3v) is 3.93. The van der Waals surface area contributed by atoms with E-state index in [-0.39, 0.29) is 17.5 Å². The van der Waals surface area contributed by atoms with Gasteiger partial charge < -0.3 is 10.1 Å². The average molecular weight is 290 g/mol. The van der Waals surface area contributed by atoms with Crippen molar-refractivity contribution in [1.82, 2.24) is 5.32 Å². The molecule has 1 heterocycles. The molecule has 4 nitrogen and oxygen atoms in total. The fraction of sp³-hybridized carbons (Fsp3) is 0.647.